The normalized spacial score (nSPS) is 18.4. The number of aryl methyl sites for hydroxylation is 1. The first kappa shape index (κ1) is 17.4. The van der Waals surface area contributed by atoms with Crippen LogP contribution in [0.2, 0.25) is 0 Å². The van der Waals surface area contributed by atoms with E-state index in [1.54, 1.807) is 0 Å². The molecule has 0 aliphatic carbocycles. The first-order valence-electron chi connectivity index (χ1n) is 8.18. The van der Waals surface area contributed by atoms with Gasteiger partial charge in [-0.25, -0.2) is 0 Å². The predicted octanol–water partition coefficient (Wildman–Crippen LogP) is 5.87. The second-order valence-electron chi connectivity index (χ2n) is 5.93. The third kappa shape index (κ3) is 3.80. The highest BCUT2D eigenvalue weighted by Crippen LogP contribution is 2.34. The number of allylic oxidation sites excluding steroid dienone is 1. The van der Waals surface area contributed by atoms with Gasteiger partial charge in [0, 0.05) is 5.57 Å². The van der Waals surface area contributed by atoms with Crippen molar-refractivity contribution in [2.45, 2.75) is 31.8 Å². The summed E-state index contributed by atoms with van der Waals surface area (Å²) < 4.78 is 11.4. The van der Waals surface area contributed by atoms with Crippen LogP contribution in [-0.2, 0) is 9.02 Å². The Morgan fingerprint density at radius 2 is 1.84 bits per heavy atom. The van der Waals surface area contributed by atoms with E-state index in [2.05, 4.69) is 36.9 Å². The van der Waals surface area contributed by atoms with Crippen LogP contribution in [0.5, 0.6) is 0 Å². The molecule has 0 fully saturated rings. The van der Waals surface area contributed by atoms with Crippen molar-refractivity contribution >= 4 is 29.4 Å². The van der Waals surface area contributed by atoms with Crippen LogP contribution in [0.15, 0.2) is 70.9 Å². The van der Waals surface area contributed by atoms with Crippen molar-refractivity contribution in [2.24, 2.45) is 5.16 Å². The molecule has 1 heterocycles. The van der Waals surface area contributed by atoms with Gasteiger partial charge in [-0.1, -0.05) is 59.8 Å². The molecule has 1 atom stereocenters. The molecule has 0 saturated carbocycles. The van der Waals surface area contributed by atoms with Gasteiger partial charge in [0.25, 0.3) is 0 Å². The summed E-state index contributed by atoms with van der Waals surface area (Å²) in [6, 6.07) is 16.2. The third-order valence-corrected chi connectivity index (χ3v) is 4.70. The summed E-state index contributed by atoms with van der Waals surface area (Å²) in [6.07, 6.45) is 1.70. The lowest BCUT2D eigenvalue weighted by Crippen LogP contribution is -2.14. The van der Waals surface area contributed by atoms with Crippen LogP contribution in [0.3, 0.4) is 0 Å². The summed E-state index contributed by atoms with van der Waals surface area (Å²) in [5, 5.41) is 4.37. The number of hydrogen-bond acceptors (Lipinski definition) is 4. The molecule has 0 amide bonds. The van der Waals surface area contributed by atoms with Crippen molar-refractivity contribution in [2.75, 3.05) is 0 Å². The van der Waals surface area contributed by atoms with E-state index >= 15 is 0 Å². The van der Waals surface area contributed by atoms with Gasteiger partial charge in [-0.05, 0) is 44.0 Å². The average Bonchev–Trinajstić information content (AvgIpc) is 2.90. The van der Waals surface area contributed by atoms with E-state index < -0.39 is 0 Å². The Labute approximate surface area is 153 Å². The first-order valence-corrected chi connectivity index (χ1v) is 8.92. The molecule has 1 aliphatic heterocycles. The van der Waals surface area contributed by atoms with E-state index in [1.165, 1.54) is 17.6 Å². The molecule has 128 valence electrons. The summed E-state index contributed by atoms with van der Waals surface area (Å²) in [5.74, 6) is 0.851. The molecule has 0 aromatic heterocycles. The number of nitrogens with zero attached hydrogens (tertiary/aromatic N) is 1. The Morgan fingerprint density at radius 3 is 2.56 bits per heavy atom. The number of benzene rings is 2. The predicted molar refractivity (Wildman–Crippen MR) is 105 cm³/mol. The minimum atomic E-state index is -0.147. The molecule has 4 heteroatoms. The van der Waals surface area contributed by atoms with Crippen molar-refractivity contribution < 1.29 is 9.02 Å². The van der Waals surface area contributed by atoms with Gasteiger partial charge in [0.2, 0.25) is 0 Å². The zero-order valence-corrected chi connectivity index (χ0v) is 15.5. The number of oxime groups is 1. The van der Waals surface area contributed by atoms with E-state index in [1.807, 2.05) is 50.3 Å². The maximum atomic E-state index is 5.88. The highest BCUT2D eigenvalue weighted by Gasteiger charge is 2.30. The van der Waals surface area contributed by atoms with Crippen molar-refractivity contribution in [3.8, 4) is 0 Å². The molecule has 0 radical (unpaired) electrons. The van der Waals surface area contributed by atoms with Gasteiger partial charge in [-0.15, -0.1) is 0 Å². The molecule has 0 spiro atoms. The summed E-state index contributed by atoms with van der Waals surface area (Å²) in [7, 11) is 0. The van der Waals surface area contributed by atoms with Crippen molar-refractivity contribution in [3.63, 3.8) is 0 Å². The van der Waals surface area contributed by atoms with Crippen molar-refractivity contribution in [1.82, 2.24) is 0 Å². The Hall–Kier alpha value is -2.46. The molecule has 1 unspecified atom stereocenters. The number of ether oxygens (including phenoxy) is 1. The Bertz CT molecular complexity index is 837. The molecule has 2 aromatic carbocycles. The molecule has 0 N–H and O–H groups in total. The first-order chi connectivity index (χ1) is 12.1. The fourth-order valence-corrected chi connectivity index (χ4v) is 3.26. The van der Waals surface area contributed by atoms with Crippen LogP contribution in [0.1, 0.15) is 30.5 Å². The average molecular weight is 351 g/mol. The zero-order chi connectivity index (χ0) is 17.8. The van der Waals surface area contributed by atoms with Gasteiger partial charge in [0.15, 0.2) is 0 Å². The molecule has 2 aromatic rings. The second kappa shape index (κ2) is 7.62. The van der Waals surface area contributed by atoms with Crippen LogP contribution < -0.4 is 0 Å². The molecular formula is C21H21NO2S. The highest BCUT2D eigenvalue weighted by molar-refractivity contribution is 7.94. The van der Waals surface area contributed by atoms with E-state index in [4.69, 9.17) is 9.02 Å². The summed E-state index contributed by atoms with van der Waals surface area (Å²) in [5.41, 5.74) is 5.10. The van der Waals surface area contributed by atoms with Gasteiger partial charge in [-0.3, -0.25) is 0 Å². The summed E-state index contributed by atoms with van der Waals surface area (Å²) in [6.45, 7) is 9.90. The Balaban J connectivity index is 1.85. The minimum absolute atomic E-state index is 0.147. The molecule has 0 saturated heterocycles. The van der Waals surface area contributed by atoms with E-state index in [-0.39, 0.29) is 6.10 Å². The molecular weight excluding hydrogens is 330 g/mol. The van der Waals surface area contributed by atoms with Crippen LogP contribution in [-0.4, -0.2) is 11.8 Å². The maximum Gasteiger partial charge on any atom is 0.141 e. The second-order valence-corrected chi connectivity index (χ2v) is 6.72. The lowest BCUT2D eigenvalue weighted by molar-refractivity contribution is 0.198. The third-order valence-electron chi connectivity index (χ3n) is 4.09. The van der Waals surface area contributed by atoms with Crippen LogP contribution in [0, 0.1) is 6.92 Å². The van der Waals surface area contributed by atoms with Gasteiger partial charge in [0.05, 0.1) is 4.90 Å². The number of hydrogen-bond donors (Lipinski definition) is 0. The summed E-state index contributed by atoms with van der Waals surface area (Å²) in [4.78, 5) is 1.01. The van der Waals surface area contributed by atoms with E-state index in [0.29, 0.717) is 0 Å². The lowest BCUT2D eigenvalue weighted by atomic mass is 9.95. The van der Waals surface area contributed by atoms with Crippen LogP contribution in [0.25, 0.3) is 11.6 Å². The Kier molecular flexibility index (Phi) is 5.29. The largest absolute Gasteiger partial charge is 0.488 e. The topological polar surface area (TPSA) is 30.8 Å². The number of rotatable bonds is 5. The van der Waals surface area contributed by atoms with E-state index in [0.717, 1.165) is 33.1 Å². The minimum Gasteiger partial charge on any atom is -0.488 e. The van der Waals surface area contributed by atoms with Gasteiger partial charge in [-0.2, -0.15) is 0 Å². The fraction of sp³-hybridized carbons (Fsp3) is 0.190. The highest BCUT2D eigenvalue weighted by atomic mass is 32.2. The van der Waals surface area contributed by atoms with Crippen LogP contribution >= 0.6 is 12.0 Å². The van der Waals surface area contributed by atoms with Crippen LogP contribution in [0.4, 0.5) is 0 Å². The van der Waals surface area contributed by atoms with Crippen molar-refractivity contribution in [3.05, 3.63) is 77.6 Å². The summed E-state index contributed by atoms with van der Waals surface area (Å²) >= 11 is 1.24. The monoisotopic (exact) mass is 351 g/mol. The quantitative estimate of drug-likeness (QED) is 0.499. The van der Waals surface area contributed by atoms with Crippen molar-refractivity contribution in [1.29, 1.82) is 0 Å². The lowest BCUT2D eigenvalue weighted by Gasteiger charge is -2.09. The SMILES string of the molecule is C=Cc1ccccc1C1=C(C)OC(C)/C1=N\OSc1ccc(C)cc1. The zero-order valence-electron chi connectivity index (χ0n) is 14.7. The molecule has 1 aliphatic rings. The Morgan fingerprint density at radius 1 is 1.12 bits per heavy atom. The van der Waals surface area contributed by atoms with E-state index in [9.17, 15) is 0 Å². The smallest absolute Gasteiger partial charge is 0.141 e. The fourth-order valence-electron chi connectivity index (χ4n) is 2.81. The maximum absolute atomic E-state index is 5.88. The van der Waals surface area contributed by atoms with Gasteiger partial charge in [0.1, 0.15) is 29.6 Å². The van der Waals surface area contributed by atoms with Gasteiger partial charge < -0.3 is 9.02 Å². The van der Waals surface area contributed by atoms with Gasteiger partial charge >= 0.3 is 0 Å². The molecule has 0 bridgehead atoms. The molecule has 25 heavy (non-hydrogen) atoms. The molecule has 3 nitrogen and oxygen atoms in total. The molecule has 3 rings (SSSR count). The standard InChI is InChI=1S/C21H21NO2S/c1-5-17-8-6-7-9-19(17)20-15(3)23-16(4)21(20)22-24-25-18-12-10-14(2)11-13-18/h5-13,16H,1H2,2-4H3/b22-21+.